The van der Waals surface area contributed by atoms with Gasteiger partial charge in [-0.15, -0.1) is 10.2 Å². The number of aryl methyl sites for hydroxylation is 1. The largest absolute Gasteiger partial charge is 0.493 e. The van der Waals surface area contributed by atoms with Gasteiger partial charge in [-0.05, 0) is 37.1 Å². The molecule has 1 fully saturated rings. The normalized spacial score (nSPS) is 22.8. The molecule has 28 heavy (non-hydrogen) atoms. The van der Waals surface area contributed by atoms with E-state index in [-0.39, 0.29) is 17.4 Å². The average Bonchev–Trinajstić information content (AvgIpc) is 3.27. The van der Waals surface area contributed by atoms with Crippen molar-refractivity contribution < 1.29 is 17.5 Å². The van der Waals surface area contributed by atoms with E-state index in [9.17, 15) is 12.8 Å². The summed E-state index contributed by atoms with van der Waals surface area (Å²) in [6, 6.07) is 4.89. The lowest BCUT2D eigenvalue weighted by Crippen LogP contribution is -2.45. The number of alkyl halides is 1. The Bertz CT molecular complexity index is 979. The summed E-state index contributed by atoms with van der Waals surface area (Å²) in [7, 11) is -1.83. The molecule has 2 aliphatic rings. The topological polar surface area (TPSA) is 77.3 Å². The van der Waals surface area contributed by atoms with Gasteiger partial charge in [-0.25, -0.2) is 12.8 Å². The van der Waals surface area contributed by atoms with Crippen molar-refractivity contribution in [3.05, 3.63) is 29.6 Å². The van der Waals surface area contributed by atoms with Crippen LogP contribution in [0.25, 0.3) is 0 Å². The number of ether oxygens (including phenoxy) is 1. The molecule has 4 rings (SSSR count). The number of sulfonamides is 1. The van der Waals surface area contributed by atoms with Crippen LogP contribution in [0.3, 0.4) is 0 Å². The zero-order valence-electron chi connectivity index (χ0n) is 15.8. The maximum atomic E-state index is 14.8. The van der Waals surface area contributed by atoms with Gasteiger partial charge >= 0.3 is 0 Å². The van der Waals surface area contributed by atoms with E-state index in [4.69, 9.17) is 4.74 Å². The summed E-state index contributed by atoms with van der Waals surface area (Å²) in [5.41, 5.74) is 0.892. The lowest BCUT2D eigenvalue weighted by atomic mass is 9.98. The molecule has 2 unspecified atom stereocenters. The molecular formula is C18H23FN4O3S2. The van der Waals surface area contributed by atoms with Crippen molar-refractivity contribution >= 4 is 21.8 Å². The first-order valence-electron chi connectivity index (χ1n) is 9.25. The summed E-state index contributed by atoms with van der Waals surface area (Å²) >= 11 is 1.46. The quantitative estimate of drug-likeness (QED) is 0.682. The molecule has 1 aromatic heterocycles. The van der Waals surface area contributed by atoms with Gasteiger partial charge in [-0.3, -0.25) is 0 Å². The molecule has 0 spiro atoms. The molecule has 3 heterocycles. The number of nitrogens with zero attached hydrogens (tertiary/aromatic N) is 4. The van der Waals surface area contributed by atoms with Gasteiger partial charge in [0.05, 0.1) is 11.5 Å². The van der Waals surface area contributed by atoms with E-state index < -0.39 is 16.2 Å². The number of hydrogen-bond donors (Lipinski definition) is 0. The van der Waals surface area contributed by atoms with E-state index in [1.54, 1.807) is 18.2 Å². The lowest BCUT2D eigenvalue weighted by molar-refractivity contribution is 0.146. The number of benzene rings is 1. The Morgan fingerprint density at radius 3 is 2.89 bits per heavy atom. The smallest absolute Gasteiger partial charge is 0.243 e. The molecule has 0 aliphatic carbocycles. The summed E-state index contributed by atoms with van der Waals surface area (Å²) in [6.07, 6.45) is -0.0214. The second-order valence-electron chi connectivity index (χ2n) is 7.20. The van der Waals surface area contributed by atoms with Crippen LogP contribution in [0.15, 0.2) is 28.3 Å². The maximum Gasteiger partial charge on any atom is 0.243 e. The molecular weight excluding hydrogens is 403 g/mol. The molecule has 2 aliphatic heterocycles. The zero-order chi connectivity index (χ0) is 19.9. The van der Waals surface area contributed by atoms with Gasteiger partial charge in [0.2, 0.25) is 10.0 Å². The van der Waals surface area contributed by atoms with E-state index in [1.165, 1.54) is 16.1 Å². The van der Waals surface area contributed by atoms with Crippen molar-refractivity contribution in [2.75, 3.05) is 25.4 Å². The van der Waals surface area contributed by atoms with E-state index in [2.05, 4.69) is 10.2 Å². The van der Waals surface area contributed by atoms with Crippen LogP contribution in [-0.4, -0.2) is 59.1 Å². The summed E-state index contributed by atoms with van der Waals surface area (Å²) in [5, 5.41) is 8.84. The highest BCUT2D eigenvalue weighted by Crippen LogP contribution is 2.32. The Labute approximate surface area is 168 Å². The van der Waals surface area contributed by atoms with Crippen LogP contribution in [0.5, 0.6) is 5.75 Å². The Morgan fingerprint density at radius 1 is 1.36 bits per heavy atom. The van der Waals surface area contributed by atoms with Gasteiger partial charge in [0, 0.05) is 38.2 Å². The Hall–Kier alpha value is -1.65. The minimum atomic E-state index is -3.71. The first kappa shape index (κ1) is 19.7. The third-order valence-corrected chi connectivity index (χ3v) is 8.49. The van der Waals surface area contributed by atoms with E-state index >= 15 is 0 Å². The van der Waals surface area contributed by atoms with Crippen LogP contribution in [0, 0.1) is 12.8 Å². The van der Waals surface area contributed by atoms with Gasteiger partial charge in [0.25, 0.3) is 0 Å². The molecule has 0 bridgehead atoms. The fourth-order valence-electron chi connectivity index (χ4n) is 3.50. The van der Waals surface area contributed by atoms with Crippen molar-refractivity contribution in [3.8, 4) is 5.75 Å². The standard InChI is InChI=1S/C18H23FN4O3S2/c1-12-20-21-18(22(12)2)27-11-14-5-7-23(10-16(14)19)28(24,25)15-3-4-17-13(9-15)6-8-26-17/h3-4,9,14,16H,5-8,10-11H2,1-2H3. The van der Waals surface area contributed by atoms with E-state index in [0.717, 1.165) is 22.3 Å². The zero-order valence-corrected chi connectivity index (χ0v) is 17.5. The Balaban J connectivity index is 1.41. The van der Waals surface area contributed by atoms with Gasteiger partial charge in [0.1, 0.15) is 17.7 Å². The third-order valence-electron chi connectivity index (χ3n) is 5.42. The molecule has 0 saturated carbocycles. The van der Waals surface area contributed by atoms with Gasteiger partial charge < -0.3 is 9.30 Å². The van der Waals surface area contributed by atoms with Crippen molar-refractivity contribution in [1.29, 1.82) is 0 Å². The monoisotopic (exact) mass is 426 g/mol. The van der Waals surface area contributed by atoms with Crippen LogP contribution in [0.2, 0.25) is 0 Å². The second kappa shape index (κ2) is 7.64. The fraction of sp³-hybridized carbons (Fsp3) is 0.556. The molecule has 1 aromatic carbocycles. The first-order valence-corrected chi connectivity index (χ1v) is 11.7. The van der Waals surface area contributed by atoms with Crippen LogP contribution in [0.4, 0.5) is 4.39 Å². The van der Waals surface area contributed by atoms with Crippen LogP contribution in [-0.2, 0) is 23.5 Å². The highest BCUT2D eigenvalue weighted by molar-refractivity contribution is 7.99. The maximum absolute atomic E-state index is 14.8. The lowest BCUT2D eigenvalue weighted by Gasteiger charge is -2.33. The van der Waals surface area contributed by atoms with Crippen LogP contribution in [0.1, 0.15) is 17.8 Å². The number of piperidine rings is 1. The molecule has 2 atom stereocenters. The van der Waals surface area contributed by atoms with Gasteiger partial charge in [-0.1, -0.05) is 11.8 Å². The SMILES string of the molecule is Cc1nnc(SCC2CCN(S(=O)(=O)c3ccc4c(c3)CCO4)CC2F)n1C. The molecule has 152 valence electrons. The van der Waals surface area contributed by atoms with Crippen molar-refractivity contribution in [3.63, 3.8) is 0 Å². The average molecular weight is 427 g/mol. The van der Waals surface area contributed by atoms with E-state index in [1.807, 2.05) is 18.5 Å². The molecule has 0 amide bonds. The number of rotatable bonds is 5. The Morgan fingerprint density at radius 2 is 2.18 bits per heavy atom. The minimum absolute atomic E-state index is 0.112. The first-order chi connectivity index (χ1) is 13.4. The molecule has 0 radical (unpaired) electrons. The number of halogens is 1. The van der Waals surface area contributed by atoms with Crippen LogP contribution >= 0.6 is 11.8 Å². The summed E-state index contributed by atoms with van der Waals surface area (Å²) in [6.45, 7) is 2.64. The molecule has 10 heteroatoms. The van der Waals surface area contributed by atoms with Crippen molar-refractivity contribution in [2.24, 2.45) is 13.0 Å². The molecule has 1 saturated heterocycles. The van der Waals surface area contributed by atoms with Gasteiger partial charge in [-0.2, -0.15) is 4.31 Å². The predicted molar refractivity (Wildman–Crippen MR) is 104 cm³/mol. The molecule has 2 aromatic rings. The van der Waals surface area contributed by atoms with Crippen molar-refractivity contribution in [2.45, 2.75) is 36.0 Å². The predicted octanol–water partition coefficient (Wildman–Crippen LogP) is 2.20. The number of hydrogen-bond acceptors (Lipinski definition) is 6. The Kier molecular flexibility index (Phi) is 5.36. The minimum Gasteiger partial charge on any atom is -0.493 e. The van der Waals surface area contributed by atoms with Crippen LogP contribution < -0.4 is 4.74 Å². The number of aromatic nitrogens is 3. The van der Waals surface area contributed by atoms with E-state index in [0.29, 0.717) is 31.7 Å². The summed E-state index contributed by atoms with van der Waals surface area (Å²) in [4.78, 5) is 0.214. The fourth-order valence-corrected chi connectivity index (χ4v) is 6.18. The highest BCUT2D eigenvalue weighted by Gasteiger charge is 2.36. The van der Waals surface area contributed by atoms with Crippen molar-refractivity contribution in [1.82, 2.24) is 19.1 Å². The third kappa shape index (κ3) is 3.65. The molecule has 0 N–H and O–H groups in total. The molecule has 7 nitrogen and oxygen atoms in total. The van der Waals surface area contributed by atoms with Gasteiger partial charge in [0.15, 0.2) is 5.16 Å². The number of fused-ring (bicyclic) bond motifs is 1. The summed E-state index contributed by atoms with van der Waals surface area (Å²) < 4.78 is 49.3. The second-order valence-corrected chi connectivity index (χ2v) is 10.1. The number of thioether (sulfide) groups is 1. The highest BCUT2D eigenvalue weighted by atomic mass is 32.2. The summed E-state index contributed by atoms with van der Waals surface area (Å²) in [5.74, 6) is 1.89.